The van der Waals surface area contributed by atoms with Crippen molar-refractivity contribution in [1.82, 2.24) is 14.9 Å². The molecule has 0 spiro atoms. The Bertz CT molecular complexity index is 1270. The normalized spacial score (nSPS) is 10.5. The van der Waals surface area contributed by atoms with E-state index in [0.717, 1.165) is 11.3 Å². The summed E-state index contributed by atoms with van der Waals surface area (Å²) in [4.78, 5) is 34.5. The summed E-state index contributed by atoms with van der Waals surface area (Å²) in [5.74, 6) is 1.05. The standard InChI is InChI=1S/C26H24N4O3S.H2/c1-30(25(32)22-11-6-5-10-20(22)16-31)15-13-21-18-34-26(28-21)29-24-23(12-7-14-27-24)33-17-19-8-3-2-4-9-19;/h2-12,14,16,18H,13,15,17H2,1H3,(H,27,28,29);1H. The van der Waals surface area contributed by atoms with Gasteiger partial charge in [-0.3, -0.25) is 9.59 Å². The van der Waals surface area contributed by atoms with Gasteiger partial charge in [-0.1, -0.05) is 48.5 Å². The number of carbonyl (C=O) groups is 2. The van der Waals surface area contributed by atoms with Crippen LogP contribution in [0, 0.1) is 0 Å². The second kappa shape index (κ2) is 11.2. The molecule has 34 heavy (non-hydrogen) atoms. The molecule has 0 unspecified atom stereocenters. The molecule has 174 valence electrons. The number of aromatic nitrogens is 2. The third-order valence-corrected chi connectivity index (χ3v) is 5.96. The van der Waals surface area contributed by atoms with E-state index in [9.17, 15) is 9.59 Å². The maximum Gasteiger partial charge on any atom is 0.254 e. The number of thiazole rings is 1. The molecule has 0 atom stereocenters. The molecule has 0 aliphatic heterocycles. The van der Waals surface area contributed by atoms with Gasteiger partial charge in [0.2, 0.25) is 0 Å². The van der Waals surface area contributed by atoms with Gasteiger partial charge in [0, 0.05) is 38.6 Å². The first-order chi connectivity index (χ1) is 16.6. The largest absolute Gasteiger partial charge is 0.485 e. The minimum atomic E-state index is -0.190. The minimum Gasteiger partial charge on any atom is -0.485 e. The molecule has 0 aliphatic rings. The number of anilines is 2. The molecule has 8 heteroatoms. The van der Waals surface area contributed by atoms with Crippen molar-refractivity contribution in [2.45, 2.75) is 13.0 Å². The first-order valence-corrected chi connectivity index (χ1v) is 11.6. The van der Waals surface area contributed by atoms with Crippen LogP contribution in [-0.4, -0.2) is 40.7 Å². The zero-order valence-electron chi connectivity index (χ0n) is 18.7. The molecule has 0 saturated carbocycles. The van der Waals surface area contributed by atoms with Crippen molar-refractivity contribution in [3.05, 3.63) is 101 Å². The monoisotopic (exact) mass is 474 g/mol. The summed E-state index contributed by atoms with van der Waals surface area (Å²) >= 11 is 1.46. The SMILES string of the molecule is CN(CCc1csc(Nc2ncccc2OCc2ccccc2)n1)C(=O)c1ccccc1C=O.[HH]. The lowest BCUT2D eigenvalue weighted by Gasteiger charge is -2.17. The maximum atomic E-state index is 12.7. The molecule has 2 heterocycles. The van der Waals surface area contributed by atoms with Crippen LogP contribution in [0.3, 0.4) is 0 Å². The van der Waals surface area contributed by atoms with Crippen molar-refractivity contribution in [2.75, 3.05) is 18.9 Å². The van der Waals surface area contributed by atoms with Crippen LogP contribution in [0.15, 0.2) is 78.3 Å². The highest BCUT2D eigenvalue weighted by atomic mass is 32.1. The van der Waals surface area contributed by atoms with Crippen LogP contribution in [0.2, 0.25) is 0 Å². The van der Waals surface area contributed by atoms with E-state index >= 15 is 0 Å². The predicted molar refractivity (Wildman–Crippen MR) is 135 cm³/mol. The minimum absolute atomic E-state index is 0. The van der Waals surface area contributed by atoms with Gasteiger partial charge in [-0.05, 0) is 23.8 Å². The third-order valence-electron chi connectivity index (χ3n) is 5.15. The highest BCUT2D eigenvalue weighted by Crippen LogP contribution is 2.27. The predicted octanol–water partition coefficient (Wildman–Crippen LogP) is 5.23. The van der Waals surface area contributed by atoms with Crippen LogP contribution in [0.25, 0.3) is 0 Å². The fourth-order valence-electron chi connectivity index (χ4n) is 3.30. The van der Waals surface area contributed by atoms with Crippen LogP contribution in [0.4, 0.5) is 10.9 Å². The summed E-state index contributed by atoms with van der Waals surface area (Å²) in [6.07, 6.45) is 2.99. The van der Waals surface area contributed by atoms with Gasteiger partial charge >= 0.3 is 0 Å². The zero-order valence-corrected chi connectivity index (χ0v) is 19.5. The summed E-state index contributed by atoms with van der Waals surface area (Å²) < 4.78 is 5.95. The second-order valence-electron chi connectivity index (χ2n) is 7.58. The maximum absolute atomic E-state index is 12.7. The molecule has 4 rings (SSSR count). The topological polar surface area (TPSA) is 84.4 Å². The molecule has 1 amide bonds. The Morgan fingerprint density at radius 3 is 2.74 bits per heavy atom. The first-order valence-electron chi connectivity index (χ1n) is 10.8. The molecule has 4 aromatic rings. The Hall–Kier alpha value is -4.04. The van der Waals surface area contributed by atoms with Crippen molar-refractivity contribution >= 4 is 34.5 Å². The molecule has 0 radical (unpaired) electrons. The van der Waals surface area contributed by atoms with Gasteiger partial charge < -0.3 is 15.0 Å². The van der Waals surface area contributed by atoms with E-state index in [2.05, 4.69) is 15.3 Å². The summed E-state index contributed by atoms with van der Waals surface area (Å²) in [5, 5.41) is 5.88. The highest BCUT2D eigenvalue weighted by molar-refractivity contribution is 7.13. The Labute approximate surface area is 203 Å². The van der Waals surface area contributed by atoms with Crippen molar-refractivity contribution in [3.8, 4) is 5.75 Å². The van der Waals surface area contributed by atoms with Crippen molar-refractivity contribution in [2.24, 2.45) is 0 Å². The third kappa shape index (κ3) is 5.85. The van der Waals surface area contributed by atoms with E-state index in [1.54, 1.807) is 42.4 Å². The van der Waals surface area contributed by atoms with Gasteiger partial charge in [-0.25, -0.2) is 9.97 Å². The van der Waals surface area contributed by atoms with E-state index in [1.165, 1.54) is 11.3 Å². The zero-order chi connectivity index (χ0) is 23.8. The Morgan fingerprint density at radius 1 is 1.12 bits per heavy atom. The molecule has 7 nitrogen and oxygen atoms in total. The molecule has 0 aliphatic carbocycles. The van der Waals surface area contributed by atoms with Crippen LogP contribution in [0.1, 0.15) is 33.4 Å². The van der Waals surface area contributed by atoms with Gasteiger partial charge in [0.05, 0.1) is 11.3 Å². The van der Waals surface area contributed by atoms with Crippen LogP contribution >= 0.6 is 11.3 Å². The summed E-state index contributed by atoms with van der Waals surface area (Å²) in [6.45, 7) is 0.919. The number of amides is 1. The lowest BCUT2D eigenvalue weighted by molar-refractivity contribution is 0.0793. The van der Waals surface area contributed by atoms with E-state index < -0.39 is 0 Å². The van der Waals surface area contributed by atoms with Gasteiger partial charge in [0.25, 0.3) is 5.91 Å². The number of likely N-dealkylation sites (N-methyl/N-ethyl adjacent to an activating group) is 1. The number of aldehydes is 1. The van der Waals surface area contributed by atoms with Crippen LogP contribution in [0.5, 0.6) is 5.75 Å². The van der Waals surface area contributed by atoms with Crippen LogP contribution in [-0.2, 0) is 13.0 Å². The average molecular weight is 475 g/mol. The average Bonchev–Trinajstić information content (AvgIpc) is 3.34. The summed E-state index contributed by atoms with van der Waals surface area (Å²) in [7, 11) is 1.72. The number of benzene rings is 2. The van der Waals surface area contributed by atoms with E-state index in [0.29, 0.717) is 53.7 Å². The van der Waals surface area contributed by atoms with Crippen molar-refractivity contribution in [3.63, 3.8) is 0 Å². The lowest BCUT2D eigenvalue weighted by atomic mass is 10.1. The van der Waals surface area contributed by atoms with Gasteiger partial charge in [-0.2, -0.15) is 0 Å². The highest BCUT2D eigenvalue weighted by Gasteiger charge is 2.16. The smallest absolute Gasteiger partial charge is 0.254 e. The number of hydrogen-bond donors (Lipinski definition) is 1. The Kier molecular flexibility index (Phi) is 7.62. The van der Waals surface area contributed by atoms with Crippen molar-refractivity contribution in [1.29, 1.82) is 0 Å². The number of nitrogens with zero attached hydrogens (tertiary/aromatic N) is 3. The Balaban J connectivity index is 0.00000342. The number of pyridine rings is 1. The summed E-state index contributed by atoms with van der Waals surface area (Å²) in [6, 6.07) is 20.4. The number of rotatable bonds is 10. The molecule has 1 N–H and O–H groups in total. The second-order valence-corrected chi connectivity index (χ2v) is 8.43. The molecule has 0 saturated heterocycles. The quantitative estimate of drug-likeness (QED) is 0.317. The van der Waals surface area contributed by atoms with Crippen LogP contribution < -0.4 is 10.1 Å². The molecule has 2 aromatic carbocycles. The number of nitrogens with one attached hydrogen (secondary N) is 1. The van der Waals surface area contributed by atoms with Gasteiger partial charge in [0.15, 0.2) is 23.0 Å². The fourth-order valence-corrected chi connectivity index (χ4v) is 4.04. The Morgan fingerprint density at radius 2 is 1.91 bits per heavy atom. The van der Waals surface area contributed by atoms with E-state index in [1.807, 2.05) is 47.8 Å². The lowest BCUT2D eigenvalue weighted by Crippen LogP contribution is -2.29. The molecule has 0 fully saturated rings. The van der Waals surface area contributed by atoms with E-state index in [4.69, 9.17) is 4.74 Å². The number of ether oxygens (including phenoxy) is 1. The molecular weight excluding hydrogens is 448 g/mol. The van der Waals surface area contributed by atoms with Crippen molar-refractivity contribution < 1.29 is 15.8 Å². The molecular formula is C26H26N4O3S. The fraction of sp³-hybridized carbons (Fsp3) is 0.154. The number of carbonyl (C=O) groups excluding carboxylic acids is 2. The summed E-state index contributed by atoms with van der Waals surface area (Å²) in [5.41, 5.74) is 2.72. The molecule has 0 bridgehead atoms. The van der Waals surface area contributed by atoms with E-state index in [-0.39, 0.29) is 7.33 Å². The first kappa shape index (κ1) is 23.1. The molecule has 2 aromatic heterocycles. The van der Waals surface area contributed by atoms with Gasteiger partial charge in [0.1, 0.15) is 6.61 Å². The van der Waals surface area contributed by atoms with Gasteiger partial charge in [-0.15, -0.1) is 11.3 Å². The number of hydrogen-bond acceptors (Lipinski definition) is 7.